The van der Waals surface area contributed by atoms with Crippen molar-refractivity contribution in [1.82, 2.24) is 4.98 Å². The van der Waals surface area contributed by atoms with Crippen LogP contribution in [0.4, 0.5) is 4.39 Å². The summed E-state index contributed by atoms with van der Waals surface area (Å²) in [7, 11) is -0.0583. The molecule has 0 N–H and O–H groups in total. The summed E-state index contributed by atoms with van der Waals surface area (Å²) in [5, 5.41) is 0. The molecule has 0 saturated carbocycles. The third kappa shape index (κ3) is 4.82. The van der Waals surface area contributed by atoms with Gasteiger partial charge in [0.1, 0.15) is 5.82 Å². The maximum Gasteiger partial charge on any atom is 0.213 e. The molecule has 1 aliphatic rings. The Morgan fingerprint density at radius 1 is 1.00 bits per heavy atom. The van der Waals surface area contributed by atoms with Crippen LogP contribution in [-0.4, -0.2) is 45.7 Å². The van der Waals surface area contributed by atoms with Gasteiger partial charge in [-0.3, -0.25) is 4.99 Å². The number of ether oxygens (including phenoxy) is 2. The number of aliphatic imine (C=N–C) groups is 1. The molecular weight excluding hydrogens is 443 g/mol. The Hall–Kier alpha value is -3.10. The molecule has 0 aliphatic carbocycles. The Morgan fingerprint density at radius 2 is 1.76 bits per heavy atom. The summed E-state index contributed by atoms with van der Waals surface area (Å²) < 4.78 is 49.0. The Morgan fingerprint density at radius 3 is 2.42 bits per heavy atom. The van der Waals surface area contributed by atoms with Crippen molar-refractivity contribution < 1.29 is 22.3 Å². The van der Waals surface area contributed by atoms with E-state index >= 15 is 0 Å². The van der Waals surface area contributed by atoms with Gasteiger partial charge in [0.05, 0.1) is 31.2 Å². The number of benzene rings is 2. The lowest BCUT2D eigenvalue weighted by atomic mass is 9.91. The number of hydrogen-bond acceptors (Lipinski definition) is 6. The van der Waals surface area contributed by atoms with Crippen molar-refractivity contribution in [2.24, 2.45) is 4.99 Å². The van der Waals surface area contributed by atoms with Crippen molar-refractivity contribution in [3.63, 3.8) is 0 Å². The van der Waals surface area contributed by atoms with Crippen molar-refractivity contribution in [1.29, 1.82) is 0 Å². The fourth-order valence-corrected chi connectivity index (χ4v) is 4.84. The first-order valence-electron chi connectivity index (χ1n) is 10.6. The van der Waals surface area contributed by atoms with E-state index < -0.39 is 9.84 Å². The molecular formula is C25H25FN2O4S. The van der Waals surface area contributed by atoms with Gasteiger partial charge in [0, 0.05) is 41.8 Å². The third-order valence-corrected chi connectivity index (χ3v) is 7.31. The van der Waals surface area contributed by atoms with Crippen LogP contribution in [0.5, 0.6) is 5.88 Å². The molecule has 1 atom stereocenters. The highest BCUT2D eigenvalue weighted by Gasteiger charge is 2.27. The molecule has 8 heteroatoms. The fraction of sp³-hybridized carbons (Fsp3) is 0.280. The van der Waals surface area contributed by atoms with E-state index in [0.717, 1.165) is 27.8 Å². The molecule has 1 unspecified atom stereocenters. The van der Waals surface area contributed by atoms with Gasteiger partial charge in [0.25, 0.3) is 0 Å². The van der Waals surface area contributed by atoms with Gasteiger partial charge in [0.15, 0.2) is 9.84 Å². The van der Waals surface area contributed by atoms with Gasteiger partial charge in [-0.1, -0.05) is 19.1 Å². The summed E-state index contributed by atoms with van der Waals surface area (Å²) in [6, 6.07) is 13.2. The number of halogens is 1. The van der Waals surface area contributed by atoms with Gasteiger partial charge in [-0.05, 0) is 47.0 Å². The van der Waals surface area contributed by atoms with E-state index in [9.17, 15) is 12.8 Å². The summed E-state index contributed by atoms with van der Waals surface area (Å²) in [6.07, 6.45) is 1.72. The molecule has 6 nitrogen and oxygen atoms in total. The summed E-state index contributed by atoms with van der Waals surface area (Å²) >= 11 is 0. The molecule has 33 heavy (non-hydrogen) atoms. The van der Waals surface area contributed by atoms with Crippen LogP contribution < -0.4 is 4.74 Å². The lowest BCUT2D eigenvalue weighted by Crippen LogP contribution is -2.10. The maximum atomic E-state index is 13.6. The van der Waals surface area contributed by atoms with Gasteiger partial charge in [-0.15, -0.1) is 0 Å². The summed E-state index contributed by atoms with van der Waals surface area (Å²) in [6.45, 7) is 1.95. The first-order valence-corrected chi connectivity index (χ1v) is 12.4. The Kier molecular flexibility index (Phi) is 6.58. The van der Waals surface area contributed by atoms with Crippen molar-refractivity contribution in [2.75, 3.05) is 26.6 Å². The quantitative estimate of drug-likeness (QED) is 0.515. The highest BCUT2D eigenvalue weighted by molar-refractivity contribution is 7.90. The molecule has 2 heterocycles. The van der Waals surface area contributed by atoms with Crippen LogP contribution in [0.1, 0.15) is 35.2 Å². The smallest absolute Gasteiger partial charge is 0.213 e. The van der Waals surface area contributed by atoms with Crippen LogP contribution in [-0.2, 0) is 20.3 Å². The Labute approximate surface area is 193 Å². The lowest BCUT2D eigenvalue weighted by molar-refractivity contribution is 0.181. The molecule has 0 amide bonds. The minimum atomic E-state index is -3.21. The van der Waals surface area contributed by atoms with Gasteiger partial charge >= 0.3 is 0 Å². The minimum Gasteiger partial charge on any atom is -0.481 e. The molecule has 0 saturated heterocycles. The Bertz CT molecular complexity index is 1300. The van der Waals surface area contributed by atoms with E-state index in [4.69, 9.17) is 14.5 Å². The van der Waals surface area contributed by atoms with Crippen LogP contribution in [0.25, 0.3) is 11.1 Å². The van der Waals surface area contributed by atoms with Crippen LogP contribution in [0, 0.1) is 5.82 Å². The highest BCUT2D eigenvalue weighted by atomic mass is 32.2. The number of fused-ring (bicyclic) bond motifs is 3. The number of hydrogen-bond donors (Lipinski definition) is 0. The minimum absolute atomic E-state index is 0.0553. The SMILES string of the molecule is CCS(=O)(=O)Cc1ccc2c(c1)-c1cnc(OC)cc1C(COC)N=C2c1ccc(F)cc1. The zero-order valence-electron chi connectivity index (χ0n) is 18.7. The number of sulfone groups is 1. The molecule has 172 valence electrons. The molecule has 1 aliphatic heterocycles. The molecule has 0 radical (unpaired) electrons. The van der Waals surface area contributed by atoms with Crippen molar-refractivity contribution >= 4 is 15.5 Å². The van der Waals surface area contributed by atoms with E-state index in [1.807, 2.05) is 18.2 Å². The monoisotopic (exact) mass is 468 g/mol. The third-order valence-electron chi connectivity index (χ3n) is 5.66. The number of nitrogens with zero attached hydrogens (tertiary/aromatic N) is 2. The molecule has 0 fully saturated rings. The predicted molar refractivity (Wildman–Crippen MR) is 126 cm³/mol. The van der Waals surface area contributed by atoms with E-state index in [1.165, 1.54) is 12.1 Å². The molecule has 4 rings (SSSR count). The molecule has 1 aromatic heterocycles. The fourth-order valence-electron chi connectivity index (χ4n) is 3.95. The second-order valence-electron chi connectivity index (χ2n) is 7.83. The van der Waals surface area contributed by atoms with E-state index in [-0.39, 0.29) is 23.4 Å². The zero-order valence-corrected chi connectivity index (χ0v) is 19.5. The number of pyridine rings is 1. The highest BCUT2D eigenvalue weighted by Crippen LogP contribution is 2.39. The number of aromatic nitrogens is 1. The first kappa shape index (κ1) is 23.1. The van der Waals surface area contributed by atoms with Gasteiger partial charge in [-0.25, -0.2) is 17.8 Å². The van der Waals surface area contributed by atoms with Crippen LogP contribution >= 0.6 is 0 Å². The second kappa shape index (κ2) is 9.41. The van der Waals surface area contributed by atoms with Crippen LogP contribution in [0.3, 0.4) is 0 Å². The van der Waals surface area contributed by atoms with Crippen molar-refractivity contribution in [3.8, 4) is 17.0 Å². The van der Waals surface area contributed by atoms with Crippen LogP contribution in [0.2, 0.25) is 0 Å². The van der Waals surface area contributed by atoms with Gasteiger partial charge in [0.2, 0.25) is 5.88 Å². The number of methoxy groups -OCH3 is 2. The van der Waals surface area contributed by atoms with E-state index in [1.54, 1.807) is 45.5 Å². The summed E-state index contributed by atoms with van der Waals surface area (Å²) in [5.74, 6) is 0.123. The molecule has 2 aromatic carbocycles. The molecule has 3 aromatic rings. The normalized spacial score (nSPS) is 15.3. The average molecular weight is 469 g/mol. The molecule has 0 spiro atoms. The van der Waals surface area contributed by atoms with Gasteiger partial charge < -0.3 is 9.47 Å². The van der Waals surface area contributed by atoms with Crippen molar-refractivity contribution in [2.45, 2.75) is 18.7 Å². The van der Waals surface area contributed by atoms with Gasteiger partial charge in [-0.2, -0.15) is 0 Å². The topological polar surface area (TPSA) is 77.9 Å². The lowest BCUT2D eigenvalue weighted by Gasteiger charge is -2.16. The summed E-state index contributed by atoms with van der Waals surface area (Å²) in [4.78, 5) is 9.40. The number of rotatable bonds is 7. The second-order valence-corrected chi connectivity index (χ2v) is 10.2. The average Bonchev–Trinajstić information content (AvgIpc) is 2.94. The largest absolute Gasteiger partial charge is 0.481 e. The Balaban J connectivity index is 1.98. The van der Waals surface area contributed by atoms with Crippen molar-refractivity contribution in [3.05, 3.63) is 82.8 Å². The zero-order chi connectivity index (χ0) is 23.6. The first-order chi connectivity index (χ1) is 15.8. The van der Waals surface area contributed by atoms with E-state index in [2.05, 4.69) is 4.98 Å². The predicted octanol–water partition coefficient (Wildman–Crippen LogP) is 4.37. The van der Waals surface area contributed by atoms with E-state index in [0.29, 0.717) is 23.8 Å². The molecule has 0 bridgehead atoms. The standard InChI is InChI=1S/C25H25FN2O4S/c1-4-33(29,30)15-16-5-10-19-20(11-16)22-13-27-24(32-3)12-21(22)23(14-31-2)28-25(19)17-6-8-18(26)9-7-17/h5-13,23H,4,14-15H2,1-3H3. The maximum absolute atomic E-state index is 13.6. The summed E-state index contributed by atoms with van der Waals surface area (Å²) in [5.41, 5.74) is 5.41. The van der Waals surface area contributed by atoms with Crippen LogP contribution in [0.15, 0.2) is 59.7 Å².